The van der Waals surface area contributed by atoms with Gasteiger partial charge in [0, 0.05) is 5.69 Å². The molecule has 0 bridgehead atoms. The van der Waals surface area contributed by atoms with Gasteiger partial charge in [0.15, 0.2) is 5.69 Å². The molecule has 3 aromatic rings. The number of pyridine rings is 2. The number of hydrogen-bond donors (Lipinski definition) is 2. The molecule has 0 saturated carbocycles. The van der Waals surface area contributed by atoms with Crippen molar-refractivity contribution in [3.63, 3.8) is 0 Å². The third kappa shape index (κ3) is 3.67. The number of nitrogens with zero attached hydrogens (tertiary/aromatic N) is 4. The van der Waals surface area contributed by atoms with Crippen molar-refractivity contribution in [2.45, 2.75) is 6.92 Å². The summed E-state index contributed by atoms with van der Waals surface area (Å²) in [6, 6.07) is 6.11. The van der Waals surface area contributed by atoms with E-state index in [-0.39, 0.29) is 11.5 Å². The fourth-order valence-electron chi connectivity index (χ4n) is 1.98. The van der Waals surface area contributed by atoms with Crippen LogP contribution in [0.25, 0.3) is 0 Å². The highest BCUT2D eigenvalue weighted by molar-refractivity contribution is 6.06. The van der Waals surface area contributed by atoms with Crippen LogP contribution in [0.2, 0.25) is 0 Å². The quantitative estimate of drug-likeness (QED) is 0.766. The Balaban J connectivity index is 1.87. The predicted molar refractivity (Wildman–Crippen MR) is 86.4 cm³/mol. The summed E-state index contributed by atoms with van der Waals surface area (Å²) in [5.74, 6) is -0.705. The number of hydrogen-bond acceptors (Lipinski definition) is 6. The largest absolute Gasteiger partial charge is 0.351 e. The fraction of sp³-hybridized carbons (Fsp3) is 0.0625. The topological polar surface area (TPSA) is 92.7 Å². The molecule has 0 aliphatic rings. The van der Waals surface area contributed by atoms with Crippen molar-refractivity contribution in [2.75, 3.05) is 10.6 Å². The van der Waals surface area contributed by atoms with Crippen LogP contribution in [0.4, 0.5) is 21.6 Å². The first-order valence-electron chi connectivity index (χ1n) is 7.04. The monoisotopic (exact) mass is 324 g/mol. The minimum Gasteiger partial charge on any atom is -0.351 e. The van der Waals surface area contributed by atoms with Crippen LogP contribution < -0.4 is 10.6 Å². The molecule has 0 aliphatic heterocycles. The van der Waals surface area contributed by atoms with Crippen molar-refractivity contribution in [1.82, 2.24) is 19.9 Å². The van der Waals surface area contributed by atoms with Gasteiger partial charge in [-0.15, -0.1) is 0 Å². The summed E-state index contributed by atoms with van der Waals surface area (Å²) >= 11 is 0. The molecule has 24 heavy (non-hydrogen) atoms. The molecule has 0 fully saturated rings. The molecule has 0 atom stereocenters. The van der Waals surface area contributed by atoms with Gasteiger partial charge in [-0.05, 0) is 31.2 Å². The van der Waals surface area contributed by atoms with Gasteiger partial charge < -0.3 is 10.6 Å². The summed E-state index contributed by atoms with van der Waals surface area (Å²) in [7, 11) is 0. The number of carbonyl (C=O) groups is 1. The second-order valence-electron chi connectivity index (χ2n) is 4.92. The lowest BCUT2D eigenvalue weighted by Gasteiger charge is -2.11. The number of anilines is 3. The Morgan fingerprint density at radius 3 is 2.58 bits per heavy atom. The number of carbonyl (C=O) groups excluding carboxylic acids is 1. The lowest BCUT2D eigenvalue weighted by Crippen LogP contribution is -2.17. The van der Waals surface area contributed by atoms with E-state index in [0.717, 1.165) is 6.20 Å². The Bertz CT molecular complexity index is 854. The van der Waals surface area contributed by atoms with E-state index in [1.54, 1.807) is 31.5 Å². The molecule has 0 radical (unpaired) electrons. The number of rotatable bonds is 4. The van der Waals surface area contributed by atoms with Gasteiger partial charge >= 0.3 is 0 Å². The van der Waals surface area contributed by atoms with Gasteiger partial charge in [0.1, 0.15) is 18.0 Å². The first kappa shape index (κ1) is 15.5. The molecule has 3 heterocycles. The molecule has 0 spiro atoms. The number of nitrogens with one attached hydrogen (secondary N) is 2. The third-order valence-corrected chi connectivity index (χ3v) is 3.06. The average Bonchev–Trinajstić information content (AvgIpc) is 2.59. The average molecular weight is 324 g/mol. The van der Waals surface area contributed by atoms with E-state index in [2.05, 4.69) is 30.6 Å². The zero-order valence-electron chi connectivity index (χ0n) is 12.7. The Labute approximate surface area is 137 Å². The van der Waals surface area contributed by atoms with Crippen molar-refractivity contribution in [3.8, 4) is 0 Å². The van der Waals surface area contributed by atoms with Crippen molar-refractivity contribution >= 4 is 23.1 Å². The van der Waals surface area contributed by atoms with Crippen molar-refractivity contribution in [2.24, 2.45) is 0 Å². The van der Waals surface area contributed by atoms with Crippen LogP contribution in [0, 0.1) is 12.7 Å². The molecule has 3 aromatic heterocycles. The molecule has 2 N–H and O–H groups in total. The number of aryl methyl sites for hydroxylation is 1. The van der Waals surface area contributed by atoms with Crippen LogP contribution in [-0.2, 0) is 0 Å². The van der Waals surface area contributed by atoms with Crippen molar-refractivity contribution in [1.29, 1.82) is 0 Å². The molecule has 0 saturated heterocycles. The molecule has 0 unspecified atom stereocenters. The summed E-state index contributed by atoms with van der Waals surface area (Å²) in [5.41, 5.74) is 1.99. The van der Waals surface area contributed by atoms with Crippen LogP contribution in [-0.4, -0.2) is 25.8 Å². The molecular weight excluding hydrogens is 311 g/mol. The van der Waals surface area contributed by atoms with Gasteiger partial charge in [0.05, 0.1) is 30.0 Å². The zero-order valence-corrected chi connectivity index (χ0v) is 12.7. The van der Waals surface area contributed by atoms with Gasteiger partial charge in [-0.2, -0.15) is 0 Å². The summed E-state index contributed by atoms with van der Waals surface area (Å²) in [4.78, 5) is 28.4. The first-order valence-corrected chi connectivity index (χ1v) is 7.04. The van der Waals surface area contributed by atoms with E-state index < -0.39 is 11.7 Å². The zero-order chi connectivity index (χ0) is 16.9. The van der Waals surface area contributed by atoms with Gasteiger partial charge in [0.2, 0.25) is 0 Å². The van der Waals surface area contributed by atoms with Crippen LogP contribution in [0.15, 0.2) is 49.2 Å². The van der Waals surface area contributed by atoms with Gasteiger partial charge in [-0.3, -0.25) is 4.79 Å². The van der Waals surface area contributed by atoms with Crippen LogP contribution >= 0.6 is 0 Å². The molecule has 7 nitrogen and oxygen atoms in total. The number of halogens is 1. The maximum absolute atomic E-state index is 12.9. The summed E-state index contributed by atoms with van der Waals surface area (Å²) in [6.07, 6.45) is 5.60. The Kier molecular flexibility index (Phi) is 4.37. The number of aromatic nitrogens is 4. The Hall–Kier alpha value is -3.42. The van der Waals surface area contributed by atoms with Crippen molar-refractivity contribution < 1.29 is 9.18 Å². The predicted octanol–water partition coefficient (Wildman–Crippen LogP) is 2.71. The molecule has 8 heteroatoms. The highest BCUT2D eigenvalue weighted by atomic mass is 19.1. The summed E-state index contributed by atoms with van der Waals surface area (Å²) < 4.78 is 12.9. The standard InChI is InChI=1S/C16H13FN6O/c1-10-2-4-13(22-12-7-18-9-19-8-12)15(21-10)16(24)23-14-5-3-11(17)6-20-14/h2-9,22H,1H3,(H,20,23,24). The molecular formula is C16H13FN6O. The van der Waals surface area contributed by atoms with Crippen LogP contribution in [0.3, 0.4) is 0 Å². The lowest BCUT2D eigenvalue weighted by molar-refractivity contribution is 0.102. The minimum absolute atomic E-state index is 0.185. The second kappa shape index (κ2) is 6.78. The SMILES string of the molecule is Cc1ccc(Nc2cncnc2)c(C(=O)Nc2ccc(F)cn2)n1. The molecule has 3 rings (SSSR count). The highest BCUT2D eigenvalue weighted by Crippen LogP contribution is 2.20. The third-order valence-electron chi connectivity index (χ3n) is 3.06. The maximum atomic E-state index is 12.9. The molecule has 1 amide bonds. The second-order valence-corrected chi connectivity index (χ2v) is 4.92. The summed E-state index contributed by atoms with van der Waals surface area (Å²) in [5, 5.41) is 5.64. The molecule has 0 aliphatic carbocycles. The van der Waals surface area contributed by atoms with E-state index >= 15 is 0 Å². The highest BCUT2D eigenvalue weighted by Gasteiger charge is 2.15. The van der Waals surface area contributed by atoms with Gasteiger partial charge in [-0.25, -0.2) is 24.3 Å². The van der Waals surface area contributed by atoms with E-state index in [1.165, 1.54) is 18.5 Å². The van der Waals surface area contributed by atoms with E-state index in [9.17, 15) is 9.18 Å². The Morgan fingerprint density at radius 1 is 1.08 bits per heavy atom. The van der Waals surface area contributed by atoms with Gasteiger partial charge in [0.25, 0.3) is 5.91 Å². The Morgan fingerprint density at radius 2 is 1.88 bits per heavy atom. The summed E-state index contributed by atoms with van der Waals surface area (Å²) in [6.45, 7) is 1.78. The smallest absolute Gasteiger partial charge is 0.277 e. The molecule has 0 aromatic carbocycles. The normalized spacial score (nSPS) is 10.2. The van der Waals surface area contributed by atoms with E-state index in [0.29, 0.717) is 17.1 Å². The number of amides is 1. The molecule has 120 valence electrons. The van der Waals surface area contributed by atoms with Crippen LogP contribution in [0.1, 0.15) is 16.2 Å². The van der Waals surface area contributed by atoms with Crippen molar-refractivity contribution in [3.05, 3.63) is 66.4 Å². The lowest BCUT2D eigenvalue weighted by atomic mass is 10.2. The maximum Gasteiger partial charge on any atom is 0.277 e. The minimum atomic E-state index is -0.479. The van der Waals surface area contributed by atoms with Crippen LogP contribution in [0.5, 0.6) is 0 Å². The van der Waals surface area contributed by atoms with Gasteiger partial charge in [-0.1, -0.05) is 0 Å². The van der Waals surface area contributed by atoms with E-state index in [4.69, 9.17) is 0 Å². The first-order chi connectivity index (χ1) is 11.6. The van der Waals surface area contributed by atoms with E-state index in [1.807, 2.05) is 0 Å². The fourth-order valence-corrected chi connectivity index (χ4v) is 1.98.